The van der Waals surface area contributed by atoms with Crippen LogP contribution in [0.1, 0.15) is 11.1 Å². The van der Waals surface area contributed by atoms with E-state index in [0.717, 1.165) is 15.8 Å². The zero-order chi connectivity index (χ0) is 12.1. The molecule has 1 N–H and O–H groups in total. The lowest BCUT2D eigenvalue weighted by Gasteiger charge is -2.05. The molecule has 0 radical (unpaired) electrons. The predicted octanol–water partition coefficient (Wildman–Crippen LogP) is 4.23. The van der Waals surface area contributed by atoms with Gasteiger partial charge < -0.3 is 5.11 Å². The largest absolute Gasteiger partial charge is 0.392 e. The summed E-state index contributed by atoms with van der Waals surface area (Å²) in [6.07, 6.45) is 0. The summed E-state index contributed by atoms with van der Waals surface area (Å²) in [5.74, 6) is 0.944. The van der Waals surface area contributed by atoms with Crippen LogP contribution in [0.25, 0.3) is 0 Å². The van der Waals surface area contributed by atoms with E-state index >= 15 is 0 Å². The van der Waals surface area contributed by atoms with Gasteiger partial charge in [0.1, 0.15) is 0 Å². The van der Waals surface area contributed by atoms with Gasteiger partial charge >= 0.3 is 0 Å². The van der Waals surface area contributed by atoms with Crippen LogP contribution < -0.4 is 0 Å². The highest BCUT2D eigenvalue weighted by Crippen LogP contribution is 2.26. The first-order valence-electron chi connectivity index (χ1n) is 5.35. The van der Waals surface area contributed by atoms with Crippen molar-refractivity contribution in [1.29, 1.82) is 0 Å². The Balaban J connectivity index is 2.00. The Bertz CT molecular complexity index is 482. The topological polar surface area (TPSA) is 20.2 Å². The molecule has 2 aromatic rings. The van der Waals surface area contributed by atoms with Gasteiger partial charge in [-0.05, 0) is 29.3 Å². The Kier molecular flexibility index (Phi) is 4.66. The van der Waals surface area contributed by atoms with E-state index in [2.05, 4.69) is 34.1 Å². The molecular formula is C14H13BrOS. The molecule has 0 aromatic heterocycles. The van der Waals surface area contributed by atoms with E-state index in [1.54, 1.807) is 11.8 Å². The molecule has 88 valence electrons. The smallest absolute Gasteiger partial charge is 0.0681 e. The van der Waals surface area contributed by atoms with E-state index in [1.165, 1.54) is 10.5 Å². The minimum atomic E-state index is 0.106. The number of hydrogen-bond donors (Lipinski definition) is 1. The van der Waals surface area contributed by atoms with Crippen LogP contribution in [0.15, 0.2) is 57.9 Å². The predicted molar refractivity (Wildman–Crippen MR) is 76.1 cm³/mol. The maximum absolute atomic E-state index is 8.96. The maximum atomic E-state index is 8.96. The molecule has 0 spiro atoms. The van der Waals surface area contributed by atoms with Gasteiger partial charge in [0.05, 0.1) is 6.61 Å². The summed E-state index contributed by atoms with van der Waals surface area (Å²) in [5, 5.41) is 8.96. The maximum Gasteiger partial charge on any atom is 0.0681 e. The number of aliphatic hydroxyl groups is 1. The van der Waals surface area contributed by atoms with Crippen LogP contribution in [-0.2, 0) is 12.4 Å². The normalized spacial score (nSPS) is 10.5. The quantitative estimate of drug-likeness (QED) is 0.853. The number of halogens is 1. The Morgan fingerprint density at radius 2 is 1.71 bits per heavy atom. The van der Waals surface area contributed by atoms with Crippen molar-refractivity contribution in [3.05, 3.63) is 64.1 Å². The molecule has 1 nitrogen and oxygen atoms in total. The second-order valence-corrected chi connectivity index (χ2v) is 5.59. The number of rotatable bonds is 4. The average Bonchev–Trinajstić information content (AvgIpc) is 2.38. The second-order valence-electron chi connectivity index (χ2n) is 3.68. The van der Waals surface area contributed by atoms with Crippen molar-refractivity contribution < 1.29 is 5.11 Å². The third-order valence-corrected chi connectivity index (χ3v) is 4.29. The van der Waals surface area contributed by atoms with E-state index < -0.39 is 0 Å². The highest BCUT2D eigenvalue weighted by Gasteiger charge is 2.00. The summed E-state index contributed by atoms with van der Waals surface area (Å²) in [7, 11) is 0. The lowest BCUT2D eigenvalue weighted by Crippen LogP contribution is -1.84. The average molecular weight is 309 g/mol. The van der Waals surface area contributed by atoms with Gasteiger partial charge in [0.2, 0.25) is 0 Å². The van der Waals surface area contributed by atoms with Crippen LogP contribution in [0.3, 0.4) is 0 Å². The van der Waals surface area contributed by atoms with Gasteiger partial charge in [0.25, 0.3) is 0 Å². The van der Waals surface area contributed by atoms with Crippen molar-refractivity contribution in [1.82, 2.24) is 0 Å². The molecule has 0 unspecified atom stereocenters. The van der Waals surface area contributed by atoms with E-state index in [-0.39, 0.29) is 6.61 Å². The first-order chi connectivity index (χ1) is 8.29. The van der Waals surface area contributed by atoms with Crippen molar-refractivity contribution in [2.24, 2.45) is 0 Å². The number of benzene rings is 2. The van der Waals surface area contributed by atoms with Crippen molar-refractivity contribution in [2.75, 3.05) is 0 Å². The van der Waals surface area contributed by atoms with Gasteiger partial charge in [-0.2, -0.15) is 0 Å². The summed E-state index contributed by atoms with van der Waals surface area (Å²) in [6, 6.07) is 16.3. The third-order valence-electron chi connectivity index (χ3n) is 2.46. The molecule has 0 saturated heterocycles. The first-order valence-corrected chi connectivity index (χ1v) is 7.13. The highest BCUT2D eigenvalue weighted by atomic mass is 79.9. The Hall–Kier alpha value is -0.770. The molecule has 2 aromatic carbocycles. The molecule has 2 rings (SSSR count). The van der Waals surface area contributed by atoms with Gasteiger partial charge in [-0.3, -0.25) is 0 Å². The van der Waals surface area contributed by atoms with Crippen molar-refractivity contribution in [2.45, 2.75) is 17.3 Å². The van der Waals surface area contributed by atoms with Crippen LogP contribution in [-0.4, -0.2) is 5.11 Å². The third kappa shape index (κ3) is 3.60. The van der Waals surface area contributed by atoms with E-state index in [4.69, 9.17) is 5.11 Å². The van der Waals surface area contributed by atoms with Crippen LogP contribution >= 0.6 is 27.7 Å². The minimum absolute atomic E-state index is 0.106. The molecule has 0 saturated carbocycles. The van der Waals surface area contributed by atoms with Crippen LogP contribution in [0.2, 0.25) is 0 Å². The number of aliphatic hydroxyl groups excluding tert-OH is 1. The van der Waals surface area contributed by atoms with Crippen molar-refractivity contribution in [3.63, 3.8) is 0 Å². The number of thioether (sulfide) groups is 1. The van der Waals surface area contributed by atoms with Gasteiger partial charge in [-0.15, -0.1) is 11.8 Å². The highest BCUT2D eigenvalue weighted by molar-refractivity contribution is 9.10. The fraction of sp³-hybridized carbons (Fsp3) is 0.143. The number of hydrogen-bond acceptors (Lipinski definition) is 2. The molecule has 0 atom stereocenters. The zero-order valence-corrected chi connectivity index (χ0v) is 11.7. The molecule has 0 aliphatic carbocycles. The lowest BCUT2D eigenvalue weighted by molar-refractivity contribution is 0.282. The van der Waals surface area contributed by atoms with Crippen molar-refractivity contribution >= 4 is 27.7 Å². The van der Waals surface area contributed by atoms with Gasteiger partial charge in [-0.25, -0.2) is 0 Å². The summed E-state index contributed by atoms with van der Waals surface area (Å²) in [6.45, 7) is 0.106. The van der Waals surface area contributed by atoms with Gasteiger partial charge in [0.15, 0.2) is 0 Å². The monoisotopic (exact) mass is 308 g/mol. The molecule has 0 aliphatic heterocycles. The molecule has 17 heavy (non-hydrogen) atoms. The van der Waals surface area contributed by atoms with E-state index in [0.29, 0.717) is 0 Å². The minimum Gasteiger partial charge on any atom is -0.392 e. The second kappa shape index (κ2) is 6.24. The van der Waals surface area contributed by atoms with Gasteiger partial charge in [-0.1, -0.05) is 46.3 Å². The van der Waals surface area contributed by atoms with Crippen molar-refractivity contribution in [3.8, 4) is 0 Å². The molecule has 0 bridgehead atoms. The molecule has 0 fully saturated rings. The fourth-order valence-electron chi connectivity index (χ4n) is 1.47. The van der Waals surface area contributed by atoms with Crippen LogP contribution in [0.4, 0.5) is 0 Å². The van der Waals surface area contributed by atoms with E-state index in [9.17, 15) is 0 Å². The Labute approximate surface area is 114 Å². The fourth-order valence-corrected chi connectivity index (χ4v) is 2.98. The molecule has 3 heteroatoms. The first kappa shape index (κ1) is 12.7. The summed E-state index contributed by atoms with van der Waals surface area (Å²) in [4.78, 5) is 1.22. The Morgan fingerprint density at radius 3 is 2.35 bits per heavy atom. The standard InChI is InChI=1S/C14H13BrOS/c15-14-4-2-1-3-12(14)10-17-13-7-5-11(9-16)6-8-13/h1-8,16H,9-10H2. The SMILES string of the molecule is OCc1ccc(SCc2ccccc2Br)cc1. The molecular weight excluding hydrogens is 296 g/mol. The summed E-state index contributed by atoms with van der Waals surface area (Å²) in [5.41, 5.74) is 2.25. The summed E-state index contributed by atoms with van der Waals surface area (Å²) >= 11 is 5.34. The van der Waals surface area contributed by atoms with Gasteiger partial charge in [0, 0.05) is 15.1 Å². The van der Waals surface area contributed by atoms with Crippen LogP contribution in [0, 0.1) is 0 Å². The zero-order valence-electron chi connectivity index (χ0n) is 9.27. The molecule has 0 aliphatic rings. The molecule has 0 amide bonds. The Morgan fingerprint density at radius 1 is 1.00 bits per heavy atom. The lowest BCUT2D eigenvalue weighted by atomic mass is 10.2. The summed E-state index contributed by atoms with van der Waals surface area (Å²) < 4.78 is 1.15. The van der Waals surface area contributed by atoms with Crippen LogP contribution in [0.5, 0.6) is 0 Å². The molecule has 0 heterocycles. The van der Waals surface area contributed by atoms with E-state index in [1.807, 2.05) is 30.3 Å².